The number of amides is 1. The van der Waals surface area contributed by atoms with E-state index in [2.05, 4.69) is 15.7 Å². The Morgan fingerprint density at radius 1 is 1.07 bits per heavy atom. The number of benzene rings is 1. The Kier molecular flexibility index (Phi) is 6.30. The van der Waals surface area contributed by atoms with Crippen molar-refractivity contribution in [1.82, 2.24) is 10.4 Å². The van der Waals surface area contributed by atoms with Crippen molar-refractivity contribution in [2.75, 3.05) is 0 Å². The van der Waals surface area contributed by atoms with Gasteiger partial charge in [0.15, 0.2) is 0 Å². The van der Waals surface area contributed by atoms with Gasteiger partial charge in [0.05, 0.1) is 18.8 Å². The predicted molar refractivity (Wildman–Crippen MR) is 107 cm³/mol. The van der Waals surface area contributed by atoms with E-state index in [1.807, 2.05) is 36.5 Å². The standard InChI is InChI=1S/C21H19FN4O2/c22-19-12-9-11-17-18(19)15-26(21(27)28)20(17)16-10-7-5-3-1-2-4-6-8-13-23-25-24-14-16/h1-14,20,25H,15H2,(H,27,28). The Balaban J connectivity index is 2.01. The number of hydrazone groups is 2. The Bertz CT molecular complexity index is 942. The van der Waals surface area contributed by atoms with Gasteiger partial charge in [-0.25, -0.2) is 9.18 Å². The molecule has 0 aromatic heterocycles. The van der Waals surface area contributed by atoms with Gasteiger partial charge in [-0.15, -0.1) is 0 Å². The van der Waals surface area contributed by atoms with E-state index < -0.39 is 18.0 Å². The van der Waals surface area contributed by atoms with E-state index in [4.69, 9.17) is 0 Å². The lowest BCUT2D eigenvalue weighted by atomic mass is 9.98. The molecule has 28 heavy (non-hydrogen) atoms. The lowest BCUT2D eigenvalue weighted by molar-refractivity contribution is 0.136. The fourth-order valence-corrected chi connectivity index (χ4v) is 2.98. The van der Waals surface area contributed by atoms with Crippen LogP contribution < -0.4 is 5.53 Å². The minimum absolute atomic E-state index is 0.0159. The van der Waals surface area contributed by atoms with Crippen molar-refractivity contribution >= 4 is 18.5 Å². The molecule has 0 aliphatic carbocycles. The average molecular weight is 378 g/mol. The van der Waals surface area contributed by atoms with Crippen LogP contribution in [0.3, 0.4) is 0 Å². The van der Waals surface area contributed by atoms with Gasteiger partial charge in [0, 0.05) is 11.8 Å². The highest BCUT2D eigenvalue weighted by Gasteiger charge is 2.36. The summed E-state index contributed by atoms with van der Waals surface area (Å²) in [5, 5.41) is 17.6. The molecule has 6 nitrogen and oxygen atoms in total. The normalized spacial score (nSPS) is 19.0. The van der Waals surface area contributed by atoms with Crippen molar-refractivity contribution in [2.24, 2.45) is 10.2 Å². The van der Waals surface area contributed by atoms with Gasteiger partial charge in [-0.2, -0.15) is 15.7 Å². The molecular formula is C21H19FN4O2. The van der Waals surface area contributed by atoms with Crippen LogP contribution in [0.4, 0.5) is 9.18 Å². The van der Waals surface area contributed by atoms with Crippen molar-refractivity contribution in [3.8, 4) is 0 Å². The zero-order valence-electron chi connectivity index (χ0n) is 14.9. The zero-order valence-corrected chi connectivity index (χ0v) is 14.9. The number of hydrogen-bond acceptors (Lipinski definition) is 4. The number of allylic oxidation sites excluding steroid dienone is 9. The second-order valence-corrected chi connectivity index (χ2v) is 5.96. The van der Waals surface area contributed by atoms with Crippen molar-refractivity contribution in [1.29, 1.82) is 0 Å². The monoisotopic (exact) mass is 378 g/mol. The summed E-state index contributed by atoms with van der Waals surface area (Å²) in [6.45, 7) is -0.0159. The number of carboxylic acid groups (broad SMARTS) is 1. The molecule has 0 bridgehead atoms. The highest BCUT2D eigenvalue weighted by Crippen LogP contribution is 2.39. The SMILES string of the molecule is O=C(O)N1Cc2c(F)cccc2C1C1=CC=CC=CC=CC=CC=NNN=C1. The highest BCUT2D eigenvalue weighted by atomic mass is 19.1. The Labute approximate surface area is 162 Å². The second kappa shape index (κ2) is 9.27. The summed E-state index contributed by atoms with van der Waals surface area (Å²) in [6.07, 6.45) is 18.2. The third-order valence-corrected chi connectivity index (χ3v) is 4.21. The molecular weight excluding hydrogens is 359 g/mol. The summed E-state index contributed by atoms with van der Waals surface area (Å²) in [4.78, 5) is 13.0. The molecule has 1 aromatic rings. The topological polar surface area (TPSA) is 77.3 Å². The molecule has 142 valence electrons. The first-order valence-corrected chi connectivity index (χ1v) is 8.63. The van der Waals surface area contributed by atoms with Crippen molar-refractivity contribution < 1.29 is 14.3 Å². The molecule has 0 radical (unpaired) electrons. The van der Waals surface area contributed by atoms with Gasteiger partial charge in [0.2, 0.25) is 0 Å². The molecule has 2 N–H and O–H groups in total. The Morgan fingerprint density at radius 3 is 2.54 bits per heavy atom. The van der Waals surface area contributed by atoms with E-state index in [1.54, 1.807) is 30.4 Å². The molecule has 1 unspecified atom stereocenters. The number of fused-ring (bicyclic) bond motifs is 1. The third kappa shape index (κ3) is 4.50. The van der Waals surface area contributed by atoms with Gasteiger partial charge in [-0.1, -0.05) is 60.7 Å². The molecule has 1 aromatic carbocycles. The van der Waals surface area contributed by atoms with Crippen LogP contribution in [0, 0.1) is 5.82 Å². The number of nitrogens with one attached hydrogen (secondary N) is 1. The number of rotatable bonds is 1. The van der Waals surface area contributed by atoms with Crippen LogP contribution in [0.5, 0.6) is 0 Å². The van der Waals surface area contributed by atoms with Crippen molar-refractivity contribution in [2.45, 2.75) is 12.6 Å². The number of hydrogen-bond donors (Lipinski definition) is 2. The first kappa shape index (κ1) is 19.0. The van der Waals surface area contributed by atoms with Crippen LogP contribution in [0.1, 0.15) is 17.2 Å². The molecule has 0 fully saturated rings. The van der Waals surface area contributed by atoms with E-state index in [0.29, 0.717) is 16.7 Å². The van der Waals surface area contributed by atoms with Crippen molar-refractivity contribution in [3.05, 3.63) is 95.4 Å². The smallest absolute Gasteiger partial charge is 0.408 e. The number of halogens is 1. The first-order chi connectivity index (χ1) is 13.7. The van der Waals surface area contributed by atoms with E-state index >= 15 is 0 Å². The third-order valence-electron chi connectivity index (χ3n) is 4.21. The van der Waals surface area contributed by atoms with Gasteiger partial charge >= 0.3 is 6.09 Å². The average Bonchev–Trinajstić information content (AvgIpc) is 3.06. The summed E-state index contributed by atoms with van der Waals surface area (Å²) in [5.41, 5.74) is 4.10. The molecule has 1 atom stereocenters. The largest absolute Gasteiger partial charge is 0.465 e. The highest BCUT2D eigenvalue weighted by molar-refractivity contribution is 5.83. The predicted octanol–water partition coefficient (Wildman–Crippen LogP) is 4.09. The molecule has 2 aliphatic rings. The van der Waals surface area contributed by atoms with Crippen molar-refractivity contribution in [3.63, 3.8) is 0 Å². The molecule has 7 heteroatoms. The van der Waals surface area contributed by atoms with Crippen LogP contribution >= 0.6 is 0 Å². The lowest BCUT2D eigenvalue weighted by Crippen LogP contribution is -2.29. The van der Waals surface area contributed by atoms with Crippen LogP contribution in [-0.2, 0) is 6.54 Å². The van der Waals surface area contributed by atoms with Crippen LogP contribution in [-0.4, -0.2) is 28.5 Å². The first-order valence-electron chi connectivity index (χ1n) is 8.63. The number of nitrogens with zero attached hydrogens (tertiary/aromatic N) is 3. The van der Waals surface area contributed by atoms with Crippen LogP contribution in [0.2, 0.25) is 0 Å². The van der Waals surface area contributed by atoms with E-state index in [0.717, 1.165) is 0 Å². The minimum Gasteiger partial charge on any atom is -0.465 e. The summed E-state index contributed by atoms with van der Waals surface area (Å²) < 4.78 is 14.2. The van der Waals surface area contributed by atoms with Gasteiger partial charge in [0.25, 0.3) is 0 Å². The molecule has 2 aliphatic heterocycles. The van der Waals surface area contributed by atoms with Gasteiger partial charge in [-0.3, -0.25) is 4.90 Å². The maximum Gasteiger partial charge on any atom is 0.408 e. The molecule has 2 heterocycles. The van der Waals surface area contributed by atoms with Crippen LogP contribution in [0.25, 0.3) is 0 Å². The summed E-state index contributed by atoms with van der Waals surface area (Å²) in [7, 11) is 0. The van der Waals surface area contributed by atoms with Gasteiger partial charge < -0.3 is 5.11 Å². The maximum absolute atomic E-state index is 14.2. The molecule has 1 amide bonds. The zero-order chi connectivity index (χ0) is 19.8. The summed E-state index contributed by atoms with van der Waals surface area (Å²) in [5.74, 6) is -0.416. The Morgan fingerprint density at radius 2 is 1.79 bits per heavy atom. The fraction of sp³-hybridized carbons (Fsp3) is 0.0952. The van der Waals surface area contributed by atoms with Gasteiger partial charge in [-0.05, 0) is 23.3 Å². The second-order valence-electron chi connectivity index (χ2n) is 5.96. The summed E-state index contributed by atoms with van der Waals surface area (Å²) in [6, 6.07) is 3.99. The lowest BCUT2D eigenvalue weighted by Gasteiger charge is -2.23. The Hall–Kier alpha value is -3.74. The van der Waals surface area contributed by atoms with Crippen LogP contribution in [0.15, 0.2) is 88.7 Å². The van der Waals surface area contributed by atoms with E-state index in [9.17, 15) is 14.3 Å². The fourth-order valence-electron chi connectivity index (χ4n) is 2.98. The van der Waals surface area contributed by atoms with E-state index in [1.165, 1.54) is 23.4 Å². The minimum atomic E-state index is -1.13. The molecule has 0 saturated heterocycles. The quantitative estimate of drug-likeness (QED) is 0.773. The molecule has 3 rings (SSSR count). The van der Waals surface area contributed by atoms with E-state index in [-0.39, 0.29) is 6.54 Å². The van der Waals surface area contributed by atoms with Gasteiger partial charge in [0.1, 0.15) is 5.82 Å². The molecule has 0 saturated carbocycles. The maximum atomic E-state index is 14.2. The molecule has 0 spiro atoms. The number of carbonyl (C=O) groups is 1. The summed E-state index contributed by atoms with van der Waals surface area (Å²) >= 11 is 0.